The molecule has 24 heavy (non-hydrogen) atoms. The van der Waals surface area contributed by atoms with Gasteiger partial charge in [0, 0.05) is 35.8 Å². The Bertz CT molecular complexity index is 699. The van der Waals surface area contributed by atoms with Gasteiger partial charge in [0.15, 0.2) is 5.82 Å². The smallest absolute Gasteiger partial charge is 0.258 e. The van der Waals surface area contributed by atoms with Crippen molar-refractivity contribution >= 4 is 5.82 Å². The van der Waals surface area contributed by atoms with Crippen molar-refractivity contribution in [3.05, 3.63) is 24.2 Å². The first kappa shape index (κ1) is 15.6. The van der Waals surface area contributed by atoms with Crippen LogP contribution in [-0.4, -0.2) is 45.2 Å². The number of fused-ring (bicyclic) bond motifs is 2. The van der Waals surface area contributed by atoms with Gasteiger partial charge in [-0.05, 0) is 44.9 Å². The average molecular weight is 327 g/mol. The minimum absolute atomic E-state index is 0.261. The molecule has 4 rings (SSSR count). The number of rotatable bonds is 4. The van der Waals surface area contributed by atoms with E-state index in [-0.39, 0.29) is 5.92 Å². The molecule has 6 heteroatoms. The lowest BCUT2D eigenvalue weighted by Crippen LogP contribution is -2.44. The summed E-state index contributed by atoms with van der Waals surface area (Å²) in [6, 6.07) is 5.86. The van der Waals surface area contributed by atoms with E-state index in [0.717, 1.165) is 17.2 Å². The summed E-state index contributed by atoms with van der Waals surface area (Å²) in [5.74, 6) is 2.46. The molecule has 2 unspecified atom stereocenters. The number of hydrogen-bond donors (Lipinski definition) is 1. The summed E-state index contributed by atoms with van der Waals surface area (Å²) >= 11 is 0. The molecule has 2 aliphatic rings. The first-order chi connectivity index (χ1) is 11.6. The quantitative estimate of drug-likeness (QED) is 0.929. The summed E-state index contributed by atoms with van der Waals surface area (Å²) in [7, 11) is 2.26. The predicted octanol–water partition coefficient (Wildman–Crippen LogP) is 3.29. The molecule has 0 spiro atoms. The van der Waals surface area contributed by atoms with Crippen molar-refractivity contribution < 1.29 is 4.52 Å². The summed E-state index contributed by atoms with van der Waals surface area (Å²) in [6.07, 6.45) is 6.84. The average Bonchev–Trinajstić information content (AvgIpc) is 3.12. The molecular formula is C18H25N5O. The number of nitrogens with one attached hydrogen (secondary N) is 1. The summed E-state index contributed by atoms with van der Waals surface area (Å²) in [4.78, 5) is 11.5. The zero-order valence-corrected chi connectivity index (χ0v) is 14.6. The summed E-state index contributed by atoms with van der Waals surface area (Å²) in [6.45, 7) is 4.12. The number of aromatic nitrogens is 3. The SMILES string of the molecule is CC(C)c1noc(-c2ccnc(NC3CC4CCC(C3)N4C)c2)n1. The Labute approximate surface area is 142 Å². The molecule has 0 aliphatic carbocycles. The molecule has 2 aromatic heterocycles. The molecule has 2 aliphatic heterocycles. The molecule has 0 radical (unpaired) electrons. The van der Waals surface area contributed by atoms with E-state index < -0.39 is 0 Å². The Hall–Kier alpha value is -1.95. The van der Waals surface area contributed by atoms with Gasteiger partial charge in [0.25, 0.3) is 5.89 Å². The molecule has 0 amide bonds. The number of hydrogen-bond acceptors (Lipinski definition) is 6. The molecule has 0 aromatic carbocycles. The maximum Gasteiger partial charge on any atom is 0.258 e. The van der Waals surface area contributed by atoms with E-state index in [1.807, 2.05) is 12.1 Å². The molecule has 0 saturated carbocycles. The van der Waals surface area contributed by atoms with E-state index in [1.165, 1.54) is 25.7 Å². The van der Waals surface area contributed by atoms with Crippen LogP contribution in [0.4, 0.5) is 5.82 Å². The number of anilines is 1. The second kappa shape index (κ2) is 6.16. The Kier molecular flexibility index (Phi) is 4.00. The molecule has 1 N–H and O–H groups in total. The fraction of sp³-hybridized carbons (Fsp3) is 0.611. The highest BCUT2D eigenvalue weighted by molar-refractivity contribution is 5.58. The van der Waals surface area contributed by atoms with Crippen LogP contribution in [0.15, 0.2) is 22.9 Å². The van der Waals surface area contributed by atoms with Crippen LogP contribution in [0, 0.1) is 0 Å². The maximum atomic E-state index is 5.39. The molecular weight excluding hydrogens is 302 g/mol. The van der Waals surface area contributed by atoms with E-state index >= 15 is 0 Å². The molecule has 2 saturated heterocycles. The fourth-order valence-corrected chi connectivity index (χ4v) is 3.97. The van der Waals surface area contributed by atoms with E-state index in [4.69, 9.17) is 4.52 Å². The molecule has 2 aromatic rings. The largest absolute Gasteiger partial charge is 0.367 e. The van der Waals surface area contributed by atoms with Crippen LogP contribution < -0.4 is 5.32 Å². The van der Waals surface area contributed by atoms with Gasteiger partial charge in [-0.1, -0.05) is 19.0 Å². The van der Waals surface area contributed by atoms with Crippen LogP contribution in [0.2, 0.25) is 0 Å². The van der Waals surface area contributed by atoms with Gasteiger partial charge >= 0.3 is 0 Å². The van der Waals surface area contributed by atoms with Crippen LogP contribution in [-0.2, 0) is 0 Å². The third-order valence-electron chi connectivity index (χ3n) is 5.42. The summed E-state index contributed by atoms with van der Waals surface area (Å²) in [5.41, 5.74) is 0.919. The van der Waals surface area contributed by atoms with Crippen molar-refractivity contribution in [2.75, 3.05) is 12.4 Å². The zero-order valence-electron chi connectivity index (χ0n) is 14.6. The van der Waals surface area contributed by atoms with Crippen molar-refractivity contribution in [1.82, 2.24) is 20.0 Å². The van der Waals surface area contributed by atoms with E-state index in [9.17, 15) is 0 Å². The second-order valence-corrected chi connectivity index (χ2v) is 7.41. The second-order valence-electron chi connectivity index (χ2n) is 7.41. The number of pyridine rings is 1. The lowest BCUT2D eigenvalue weighted by atomic mass is 9.98. The van der Waals surface area contributed by atoms with Gasteiger partial charge in [0.2, 0.25) is 0 Å². The zero-order chi connectivity index (χ0) is 16.7. The first-order valence-corrected chi connectivity index (χ1v) is 8.88. The van der Waals surface area contributed by atoms with Crippen LogP contribution in [0.1, 0.15) is 51.3 Å². The van der Waals surface area contributed by atoms with Crippen molar-refractivity contribution in [2.45, 2.75) is 63.6 Å². The Morgan fingerprint density at radius 1 is 1.25 bits per heavy atom. The summed E-state index contributed by atoms with van der Waals surface area (Å²) < 4.78 is 5.39. The van der Waals surface area contributed by atoms with Crippen molar-refractivity contribution in [2.24, 2.45) is 0 Å². The highest BCUT2D eigenvalue weighted by Crippen LogP contribution is 2.35. The molecule has 2 fully saturated rings. The van der Waals surface area contributed by atoms with E-state index in [2.05, 4.69) is 46.2 Å². The summed E-state index contributed by atoms with van der Waals surface area (Å²) in [5, 5.41) is 7.66. The van der Waals surface area contributed by atoms with E-state index in [0.29, 0.717) is 24.0 Å². The Morgan fingerprint density at radius 2 is 2.00 bits per heavy atom. The van der Waals surface area contributed by atoms with Gasteiger partial charge in [-0.3, -0.25) is 0 Å². The van der Waals surface area contributed by atoms with Gasteiger partial charge in [-0.15, -0.1) is 0 Å². The van der Waals surface area contributed by atoms with Crippen LogP contribution >= 0.6 is 0 Å². The lowest BCUT2D eigenvalue weighted by molar-refractivity contribution is 0.169. The monoisotopic (exact) mass is 327 g/mol. The first-order valence-electron chi connectivity index (χ1n) is 8.88. The molecule has 6 nitrogen and oxygen atoms in total. The number of nitrogens with zero attached hydrogens (tertiary/aromatic N) is 4. The lowest BCUT2D eigenvalue weighted by Gasteiger charge is -2.36. The highest BCUT2D eigenvalue weighted by atomic mass is 16.5. The predicted molar refractivity (Wildman–Crippen MR) is 92.8 cm³/mol. The van der Waals surface area contributed by atoms with Crippen LogP contribution in [0.5, 0.6) is 0 Å². The van der Waals surface area contributed by atoms with Gasteiger partial charge < -0.3 is 14.7 Å². The van der Waals surface area contributed by atoms with Gasteiger partial charge in [0.05, 0.1) is 0 Å². The Balaban J connectivity index is 1.48. The standard InChI is InChI=1S/C18H25N5O/c1-11(2)17-21-18(24-22-17)12-6-7-19-16(8-12)20-13-9-14-4-5-15(10-13)23(14)3/h6-8,11,13-15H,4-5,9-10H2,1-3H3,(H,19,20). The molecule has 2 atom stereocenters. The van der Waals surface area contributed by atoms with Gasteiger partial charge in [0.1, 0.15) is 5.82 Å². The minimum Gasteiger partial charge on any atom is -0.367 e. The normalized spacial score (nSPS) is 26.9. The van der Waals surface area contributed by atoms with Gasteiger partial charge in [-0.2, -0.15) is 4.98 Å². The van der Waals surface area contributed by atoms with E-state index in [1.54, 1.807) is 6.20 Å². The molecule has 128 valence electrons. The van der Waals surface area contributed by atoms with Crippen molar-refractivity contribution in [1.29, 1.82) is 0 Å². The highest BCUT2D eigenvalue weighted by Gasteiger charge is 2.38. The maximum absolute atomic E-state index is 5.39. The van der Waals surface area contributed by atoms with Crippen LogP contribution in [0.25, 0.3) is 11.5 Å². The minimum atomic E-state index is 0.261. The number of piperidine rings is 1. The third-order valence-corrected chi connectivity index (χ3v) is 5.42. The molecule has 2 bridgehead atoms. The van der Waals surface area contributed by atoms with Crippen LogP contribution in [0.3, 0.4) is 0 Å². The Morgan fingerprint density at radius 3 is 2.67 bits per heavy atom. The topological polar surface area (TPSA) is 67.1 Å². The molecule has 4 heterocycles. The fourth-order valence-electron chi connectivity index (χ4n) is 3.97. The third kappa shape index (κ3) is 2.90. The van der Waals surface area contributed by atoms with Gasteiger partial charge in [-0.25, -0.2) is 4.98 Å². The van der Waals surface area contributed by atoms with Crippen molar-refractivity contribution in [3.63, 3.8) is 0 Å². The van der Waals surface area contributed by atoms with Crippen molar-refractivity contribution in [3.8, 4) is 11.5 Å².